The van der Waals surface area contributed by atoms with Crippen LogP contribution in [0.4, 0.5) is 9.80 Å². The van der Waals surface area contributed by atoms with Crippen molar-refractivity contribution in [2.75, 3.05) is 11.9 Å². The lowest BCUT2D eigenvalue weighted by Gasteiger charge is -2.08. The minimum atomic E-state index is -0.505. The zero-order valence-electron chi connectivity index (χ0n) is 14.5. The van der Waals surface area contributed by atoms with Crippen LogP contribution in [0.3, 0.4) is 0 Å². The molecule has 0 bridgehead atoms. The number of rotatable bonds is 6. The zero-order valence-corrected chi connectivity index (χ0v) is 16.9. The lowest BCUT2D eigenvalue weighted by molar-refractivity contribution is 0.157. The van der Waals surface area contributed by atoms with Crippen LogP contribution in [0.2, 0.25) is 5.02 Å². The first kappa shape index (κ1) is 18.9. The second-order valence-corrected chi connectivity index (χ2v) is 7.98. The van der Waals surface area contributed by atoms with E-state index in [1.807, 2.05) is 6.07 Å². The fourth-order valence-corrected chi connectivity index (χ4v) is 5.01. The van der Waals surface area contributed by atoms with Crippen molar-refractivity contribution in [3.63, 3.8) is 0 Å². The van der Waals surface area contributed by atoms with E-state index in [1.165, 1.54) is 16.9 Å². The largest absolute Gasteiger partial charge is 0.447 e. The van der Waals surface area contributed by atoms with Crippen molar-refractivity contribution in [3.8, 4) is 0 Å². The Bertz CT molecular complexity index is 990. The van der Waals surface area contributed by atoms with Crippen LogP contribution in [0.1, 0.15) is 25.0 Å². The molecule has 138 valence electrons. The van der Waals surface area contributed by atoms with E-state index in [4.69, 9.17) is 16.3 Å². The average molecular weight is 411 g/mol. The van der Waals surface area contributed by atoms with Gasteiger partial charge in [0.1, 0.15) is 11.6 Å². The van der Waals surface area contributed by atoms with E-state index in [2.05, 4.69) is 24.5 Å². The van der Waals surface area contributed by atoms with Gasteiger partial charge >= 0.3 is 11.0 Å². The number of nitrogens with one attached hydrogen (secondary N) is 1. The lowest BCUT2D eigenvalue weighted by atomic mass is 10.1. The first-order valence-corrected chi connectivity index (χ1v) is 10.4. The number of aryl methyl sites for hydroxylation is 1. The summed E-state index contributed by atoms with van der Waals surface area (Å²) in [5, 5.41) is 6.27. The summed E-state index contributed by atoms with van der Waals surface area (Å²) >= 11 is 8.68. The van der Waals surface area contributed by atoms with Gasteiger partial charge in [0.05, 0.1) is 16.8 Å². The third kappa shape index (κ3) is 3.95. The molecule has 0 aliphatic carbocycles. The number of carbonyl (C=O) groups excluding carboxylic acids is 1. The predicted octanol–water partition coefficient (Wildman–Crippen LogP) is 5.15. The number of halogens is 1. The van der Waals surface area contributed by atoms with E-state index in [0.29, 0.717) is 5.02 Å². The Morgan fingerprint density at radius 3 is 2.85 bits per heavy atom. The summed E-state index contributed by atoms with van der Waals surface area (Å²) in [5.74, 6) is 0. The number of thiazole rings is 1. The molecule has 0 aliphatic heterocycles. The van der Waals surface area contributed by atoms with Crippen LogP contribution in [0.5, 0.6) is 0 Å². The number of fused-ring (bicyclic) bond motifs is 1. The van der Waals surface area contributed by atoms with E-state index in [-0.39, 0.29) is 18.0 Å². The Labute approximate surface area is 164 Å². The molecule has 2 heterocycles. The average Bonchev–Trinajstić information content (AvgIpc) is 3.15. The standard InChI is InChI=1S/C18H19ClN2O3S2/c1-3-11-10-25-16(13(11)4-2)20-17(22)24-8-7-21-14-9-12(19)5-6-15(14)26-18(21)23/h5-6,9-10H,3-4,7-8H2,1-2H3,(H,20,22). The number of carbonyl (C=O) groups is 1. The van der Waals surface area contributed by atoms with Gasteiger partial charge in [0.15, 0.2) is 0 Å². The lowest BCUT2D eigenvalue weighted by Crippen LogP contribution is -2.20. The summed E-state index contributed by atoms with van der Waals surface area (Å²) in [7, 11) is 0. The highest BCUT2D eigenvalue weighted by Crippen LogP contribution is 2.29. The van der Waals surface area contributed by atoms with Gasteiger partial charge in [-0.3, -0.25) is 14.7 Å². The maximum Gasteiger partial charge on any atom is 0.412 e. The van der Waals surface area contributed by atoms with Crippen molar-refractivity contribution in [1.82, 2.24) is 4.57 Å². The van der Waals surface area contributed by atoms with Gasteiger partial charge in [0.25, 0.3) is 0 Å². The Morgan fingerprint density at radius 2 is 2.12 bits per heavy atom. The molecule has 2 aromatic heterocycles. The van der Waals surface area contributed by atoms with Crippen molar-refractivity contribution in [3.05, 3.63) is 49.4 Å². The fraction of sp³-hybridized carbons (Fsp3) is 0.333. The Balaban J connectivity index is 1.63. The van der Waals surface area contributed by atoms with Gasteiger partial charge in [-0.2, -0.15) is 0 Å². The van der Waals surface area contributed by atoms with Crippen molar-refractivity contribution in [2.24, 2.45) is 0 Å². The Kier molecular flexibility index (Phi) is 6.01. The fourth-order valence-electron chi connectivity index (χ4n) is 2.81. The van der Waals surface area contributed by atoms with Gasteiger partial charge in [-0.1, -0.05) is 36.8 Å². The summed E-state index contributed by atoms with van der Waals surface area (Å²) in [6, 6.07) is 5.33. The van der Waals surface area contributed by atoms with Gasteiger partial charge in [0, 0.05) is 5.02 Å². The molecular formula is C18H19ClN2O3S2. The van der Waals surface area contributed by atoms with Crippen molar-refractivity contribution < 1.29 is 9.53 Å². The van der Waals surface area contributed by atoms with Crippen molar-refractivity contribution in [2.45, 2.75) is 33.2 Å². The summed E-state index contributed by atoms with van der Waals surface area (Å²) in [5.41, 5.74) is 3.17. The summed E-state index contributed by atoms with van der Waals surface area (Å²) in [4.78, 5) is 24.1. The molecule has 3 rings (SSSR count). The van der Waals surface area contributed by atoms with Crippen LogP contribution in [-0.2, 0) is 24.1 Å². The maximum atomic E-state index is 12.1. The molecule has 3 aromatic rings. The molecule has 0 fully saturated rings. The second-order valence-electron chi connectivity index (χ2n) is 5.67. The summed E-state index contributed by atoms with van der Waals surface area (Å²) in [6.07, 6.45) is 1.29. The molecule has 0 saturated carbocycles. The van der Waals surface area contributed by atoms with E-state index in [9.17, 15) is 9.59 Å². The zero-order chi connectivity index (χ0) is 18.7. The van der Waals surface area contributed by atoms with Crippen molar-refractivity contribution in [1.29, 1.82) is 0 Å². The molecule has 1 amide bonds. The topological polar surface area (TPSA) is 60.3 Å². The molecule has 0 atom stereocenters. The van der Waals surface area contributed by atoms with E-state index < -0.39 is 6.09 Å². The second kappa shape index (κ2) is 8.24. The minimum Gasteiger partial charge on any atom is -0.447 e. The van der Waals surface area contributed by atoms with E-state index in [0.717, 1.165) is 45.0 Å². The third-order valence-corrected chi connectivity index (χ3v) is 6.29. The highest BCUT2D eigenvalue weighted by Gasteiger charge is 2.13. The summed E-state index contributed by atoms with van der Waals surface area (Å²) < 4.78 is 7.71. The first-order chi connectivity index (χ1) is 12.5. The maximum absolute atomic E-state index is 12.1. The highest BCUT2D eigenvalue weighted by molar-refractivity contribution is 7.16. The van der Waals surface area contributed by atoms with Gasteiger partial charge in [-0.25, -0.2) is 4.79 Å². The van der Waals surface area contributed by atoms with E-state index in [1.54, 1.807) is 16.7 Å². The van der Waals surface area contributed by atoms with Gasteiger partial charge in [-0.15, -0.1) is 11.3 Å². The number of aromatic nitrogens is 1. The molecule has 0 saturated heterocycles. The monoisotopic (exact) mass is 410 g/mol. The molecule has 0 radical (unpaired) electrons. The van der Waals surface area contributed by atoms with Gasteiger partial charge in [-0.05, 0) is 47.5 Å². The van der Waals surface area contributed by atoms with Gasteiger partial charge < -0.3 is 4.74 Å². The minimum absolute atomic E-state index is 0.0922. The molecule has 26 heavy (non-hydrogen) atoms. The van der Waals surface area contributed by atoms with Crippen LogP contribution in [-0.4, -0.2) is 17.3 Å². The van der Waals surface area contributed by atoms with Crippen LogP contribution in [0.15, 0.2) is 28.4 Å². The normalized spacial score (nSPS) is 11.0. The van der Waals surface area contributed by atoms with Crippen LogP contribution in [0.25, 0.3) is 10.2 Å². The first-order valence-electron chi connectivity index (χ1n) is 8.35. The number of nitrogens with zero attached hydrogens (tertiary/aromatic N) is 1. The molecular weight excluding hydrogens is 392 g/mol. The number of thiophene rings is 1. The SMILES string of the molecule is CCc1csc(NC(=O)OCCn2c(=O)sc3ccc(Cl)cc32)c1CC. The smallest absolute Gasteiger partial charge is 0.412 e. The molecule has 1 N–H and O–H groups in total. The molecule has 0 spiro atoms. The predicted molar refractivity (Wildman–Crippen MR) is 109 cm³/mol. The van der Waals surface area contributed by atoms with E-state index >= 15 is 0 Å². The Morgan fingerprint density at radius 1 is 1.31 bits per heavy atom. The Hall–Kier alpha value is -1.83. The van der Waals surface area contributed by atoms with Crippen LogP contribution < -0.4 is 10.2 Å². The third-order valence-electron chi connectivity index (χ3n) is 4.11. The summed E-state index contributed by atoms with van der Waals surface area (Å²) in [6.45, 7) is 4.56. The number of anilines is 1. The number of benzene rings is 1. The number of hydrogen-bond acceptors (Lipinski definition) is 5. The molecule has 0 aliphatic rings. The number of ether oxygens (including phenoxy) is 1. The molecule has 5 nitrogen and oxygen atoms in total. The van der Waals surface area contributed by atoms with Crippen LogP contribution >= 0.6 is 34.3 Å². The van der Waals surface area contributed by atoms with Crippen molar-refractivity contribution >= 4 is 55.6 Å². The molecule has 1 aromatic carbocycles. The number of amides is 1. The quantitative estimate of drug-likeness (QED) is 0.611. The highest BCUT2D eigenvalue weighted by atomic mass is 35.5. The van der Waals surface area contributed by atoms with Gasteiger partial charge in [0.2, 0.25) is 0 Å². The number of hydrogen-bond donors (Lipinski definition) is 1. The van der Waals surface area contributed by atoms with Crippen LogP contribution in [0, 0.1) is 0 Å². The molecule has 8 heteroatoms. The molecule has 0 unspecified atom stereocenters.